The van der Waals surface area contributed by atoms with Gasteiger partial charge in [0.25, 0.3) is 10.2 Å². The molecule has 1 heterocycles. The molecule has 120 valence electrons. The Kier molecular flexibility index (Phi) is 7.93. The molecule has 1 unspecified atom stereocenters. The molecule has 0 aromatic rings. The number of aliphatic hydroxyl groups excluding tert-OH is 1. The standard InChI is InChI=1S/C12H27N3O4S/c1-14(9-10-19-2)8-6-13-20(17,18)15-7-4-3-5-12(15)11-16/h12-13,16H,3-11H2,1-2H3. The number of piperidine rings is 1. The van der Waals surface area contributed by atoms with E-state index >= 15 is 0 Å². The van der Waals surface area contributed by atoms with Gasteiger partial charge >= 0.3 is 0 Å². The molecule has 1 fully saturated rings. The molecule has 1 aliphatic rings. The highest BCUT2D eigenvalue weighted by Gasteiger charge is 2.31. The number of hydrogen-bond acceptors (Lipinski definition) is 5. The van der Waals surface area contributed by atoms with Crippen LogP contribution in [-0.4, -0.2) is 82.3 Å². The summed E-state index contributed by atoms with van der Waals surface area (Å²) in [5, 5.41) is 9.28. The van der Waals surface area contributed by atoms with Gasteiger partial charge in [-0.2, -0.15) is 12.7 Å². The summed E-state index contributed by atoms with van der Waals surface area (Å²) < 4.78 is 33.4. The van der Waals surface area contributed by atoms with Crippen LogP contribution in [0.4, 0.5) is 0 Å². The van der Waals surface area contributed by atoms with Crippen molar-refractivity contribution < 1.29 is 18.3 Å². The second-order valence-corrected chi connectivity index (χ2v) is 6.85. The Balaban J connectivity index is 2.40. The Morgan fingerprint density at radius 1 is 1.40 bits per heavy atom. The highest BCUT2D eigenvalue weighted by Crippen LogP contribution is 2.19. The van der Waals surface area contributed by atoms with Crippen molar-refractivity contribution in [2.24, 2.45) is 0 Å². The number of aliphatic hydroxyl groups is 1. The van der Waals surface area contributed by atoms with Gasteiger partial charge in [-0.15, -0.1) is 0 Å². The van der Waals surface area contributed by atoms with Gasteiger partial charge in [-0.05, 0) is 19.9 Å². The Morgan fingerprint density at radius 2 is 2.15 bits per heavy atom. The molecule has 0 saturated carbocycles. The minimum atomic E-state index is -3.50. The van der Waals surface area contributed by atoms with Gasteiger partial charge in [-0.25, -0.2) is 4.72 Å². The predicted molar refractivity (Wildman–Crippen MR) is 77.7 cm³/mol. The van der Waals surface area contributed by atoms with Gasteiger partial charge in [-0.3, -0.25) is 0 Å². The smallest absolute Gasteiger partial charge is 0.279 e. The van der Waals surface area contributed by atoms with E-state index in [0.29, 0.717) is 26.2 Å². The molecule has 0 aliphatic carbocycles. The molecule has 0 bridgehead atoms. The third-order valence-electron chi connectivity index (χ3n) is 3.55. The van der Waals surface area contributed by atoms with E-state index < -0.39 is 10.2 Å². The number of rotatable bonds is 9. The summed E-state index contributed by atoms with van der Waals surface area (Å²) in [6.45, 7) is 2.75. The molecule has 0 amide bonds. The first-order chi connectivity index (χ1) is 9.51. The van der Waals surface area contributed by atoms with Crippen molar-refractivity contribution in [2.75, 3.05) is 53.6 Å². The predicted octanol–water partition coefficient (Wildman–Crippen LogP) is -0.754. The summed E-state index contributed by atoms with van der Waals surface area (Å²) in [5.41, 5.74) is 0. The maximum Gasteiger partial charge on any atom is 0.279 e. The topological polar surface area (TPSA) is 82.1 Å². The monoisotopic (exact) mass is 309 g/mol. The molecular formula is C12H27N3O4S. The number of nitrogens with zero attached hydrogens (tertiary/aromatic N) is 2. The zero-order valence-corrected chi connectivity index (χ0v) is 13.2. The second kappa shape index (κ2) is 8.91. The van der Waals surface area contributed by atoms with E-state index in [1.165, 1.54) is 4.31 Å². The molecule has 8 heteroatoms. The van der Waals surface area contributed by atoms with Gasteiger partial charge in [0.05, 0.1) is 13.2 Å². The fourth-order valence-corrected chi connectivity index (χ4v) is 3.73. The van der Waals surface area contributed by atoms with E-state index in [-0.39, 0.29) is 12.6 Å². The van der Waals surface area contributed by atoms with Gasteiger partial charge < -0.3 is 14.7 Å². The van der Waals surface area contributed by atoms with Crippen molar-refractivity contribution in [2.45, 2.75) is 25.3 Å². The van der Waals surface area contributed by atoms with Crippen LogP contribution in [0.15, 0.2) is 0 Å². The van der Waals surface area contributed by atoms with E-state index in [4.69, 9.17) is 4.74 Å². The normalized spacial score (nSPS) is 21.5. The molecule has 0 aromatic carbocycles. The molecule has 1 aliphatic heterocycles. The lowest BCUT2D eigenvalue weighted by Gasteiger charge is -2.33. The van der Waals surface area contributed by atoms with Crippen LogP contribution >= 0.6 is 0 Å². The maximum atomic E-state index is 12.2. The largest absolute Gasteiger partial charge is 0.395 e. The van der Waals surface area contributed by atoms with Crippen LogP contribution < -0.4 is 4.72 Å². The van der Waals surface area contributed by atoms with Crippen LogP contribution in [-0.2, 0) is 14.9 Å². The molecule has 0 aromatic heterocycles. The first-order valence-corrected chi connectivity index (χ1v) is 8.50. The fraction of sp³-hybridized carbons (Fsp3) is 1.00. The Hall–Kier alpha value is -0.250. The molecular weight excluding hydrogens is 282 g/mol. The SMILES string of the molecule is COCCN(C)CCNS(=O)(=O)N1CCCCC1CO. The second-order valence-electron chi connectivity index (χ2n) is 5.14. The zero-order valence-electron chi connectivity index (χ0n) is 12.4. The average Bonchev–Trinajstić information content (AvgIpc) is 2.44. The highest BCUT2D eigenvalue weighted by atomic mass is 32.2. The van der Waals surface area contributed by atoms with Crippen LogP contribution in [0.1, 0.15) is 19.3 Å². The minimum absolute atomic E-state index is 0.116. The number of methoxy groups -OCH3 is 1. The first-order valence-electron chi connectivity index (χ1n) is 7.06. The summed E-state index contributed by atoms with van der Waals surface area (Å²) in [5.74, 6) is 0. The first kappa shape index (κ1) is 17.8. The van der Waals surface area contributed by atoms with Crippen LogP contribution in [0, 0.1) is 0 Å². The van der Waals surface area contributed by atoms with Crippen molar-refractivity contribution >= 4 is 10.2 Å². The lowest BCUT2D eigenvalue weighted by Crippen LogP contribution is -2.51. The molecule has 0 radical (unpaired) electrons. The summed E-state index contributed by atoms with van der Waals surface area (Å²) in [4.78, 5) is 2.01. The fourth-order valence-electron chi connectivity index (χ4n) is 2.28. The van der Waals surface area contributed by atoms with Crippen LogP contribution in [0.5, 0.6) is 0 Å². The number of nitrogens with one attached hydrogen (secondary N) is 1. The lowest BCUT2D eigenvalue weighted by molar-refractivity contribution is 0.152. The maximum absolute atomic E-state index is 12.2. The molecule has 0 spiro atoms. The molecule has 1 saturated heterocycles. The molecule has 20 heavy (non-hydrogen) atoms. The number of ether oxygens (including phenoxy) is 1. The Morgan fingerprint density at radius 3 is 2.80 bits per heavy atom. The third-order valence-corrected chi connectivity index (χ3v) is 5.21. The van der Waals surface area contributed by atoms with E-state index in [2.05, 4.69) is 4.72 Å². The van der Waals surface area contributed by atoms with E-state index in [1.54, 1.807) is 7.11 Å². The summed E-state index contributed by atoms with van der Waals surface area (Å²) in [7, 11) is 0.0668. The molecule has 1 rings (SSSR count). The van der Waals surface area contributed by atoms with Gasteiger partial charge in [-0.1, -0.05) is 6.42 Å². The number of hydrogen-bond donors (Lipinski definition) is 2. The average molecular weight is 309 g/mol. The lowest BCUT2D eigenvalue weighted by atomic mass is 10.1. The van der Waals surface area contributed by atoms with Crippen molar-refractivity contribution in [3.63, 3.8) is 0 Å². The van der Waals surface area contributed by atoms with Crippen molar-refractivity contribution in [3.8, 4) is 0 Å². The van der Waals surface area contributed by atoms with E-state index in [1.807, 2.05) is 11.9 Å². The van der Waals surface area contributed by atoms with Gasteiger partial charge in [0, 0.05) is 39.3 Å². The molecule has 1 atom stereocenters. The summed E-state index contributed by atoms with van der Waals surface area (Å²) in [6.07, 6.45) is 2.55. The quantitative estimate of drug-likeness (QED) is 0.585. The Bertz CT molecular complexity index is 364. The van der Waals surface area contributed by atoms with Crippen LogP contribution in [0.3, 0.4) is 0 Å². The molecule has 7 nitrogen and oxygen atoms in total. The highest BCUT2D eigenvalue weighted by molar-refractivity contribution is 7.87. The summed E-state index contributed by atoms with van der Waals surface area (Å²) >= 11 is 0. The minimum Gasteiger partial charge on any atom is -0.395 e. The van der Waals surface area contributed by atoms with E-state index in [9.17, 15) is 13.5 Å². The van der Waals surface area contributed by atoms with Gasteiger partial charge in [0.2, 0.25) is 0 Å². The van der Waals surface area contributed by atoms with Crippen molar-refractivity contribution in [1.29, 1.82) is 0 Å². The molecule has 2 N–H and O–H groups in total. The van der Waals surface area contributed by atoms with Crippen molar-refractivity contribution in [3.05, 3.63) is 0 Å². The van der Waals surface area contributed by atoms with E-state index in [0.717, 1.165) is 25.8 Å². The third kappa shape index (κ3) is 5.63. The zero-order chi connectivity index (χ0) is 15.0. The van der Waals surface area contributed by atoms with Gasteiger partial charge in [0.15, 0.2) is 0 Å². The Labute approximate surface area is 122 Å². The number of likely N-dealkylation sites (N-methyl/N-ethyl adjacent to an activating group) is 1. The van der Waals surface area contributed by atoms with Gasteiger partial charge in [0.1, 0.15) is 0 Å². The van der Waals surface area contributed by atoms with Crippen LogP contribution in [0.2, 0.25) is 0 Å². The summed E-state index contributed by atoms with van der Waals surface area (Å²) in [6, 6.07) is -0.285. The van der Waals surface area contributed by atoms with Crippen LogP contribution in [0.25, 0.3) is 0 Å². The van der Waals surface area contributed by atoms with Crippen molar-refractivity contribution in [1.82, 2.24) is 13.9 Å².